The van der Waals surface area contributed by atoms with E-state index in [-0.39, 0.29) is 18.8 Å². The molecule has 2 aromatic carbocycles. The summed E-state index contributed by atoms with van der Waals surface area (Å²) in [5, 5.41) is 2.63. The number of benzene rings is 2. The maximum Gasteiger partial charge on any atom is 0.310 e. The molecule has 7 heteroatoms. The third kappa shape index (κ3) is 7.29. The van der Waals surface area contributed by atoms with E-state index in [1.54, 1.807) is 48.5 Å². The van der Waals surface area contributed by atoms with E-state index >= 15 is 0 Å². The van der Waals surface area contributed by atoms with Gasteiger partial charge in [0, 0.05) is 11.3 Å². The van der Waals surface area contributed by atoms with Gasteiger partial charge in [0.25, 0.3) is 5.91 Å². The lowest BCUT2D eigenvalue weighted by atomic mass is 10.1. The van der Waals surface area contributed by atoms with Crippen LogP contribution in [0.3, 0.4) is 0 Å². The monoisotopic (exact) mass is 399 g/mol. The van der Waals surface area contributed by atoms with Gasteiger partial charge in [-0.1, -0.05) is 12.1 Å². The second kappa shape index (κ2) is 10.8. The van der Waals surface area contributed by atoms with Crippen LogP contribution < -0.4 is 14.8 Å². The molecule has 1 N–H and O–H groups in total. The molecule has 0 bridgehead atoms. The molecule has 1 amide bonds. The number of hydrogen-bond acceptors (Lipinski definition) is 6. The van der Waals surface area contributed by atoms with E-state index in [0.717, 1.165) is 5.75 Å². The number of carbonyl (C=O) groups excluding carboxylic acids is 3. The van der Waals surface area contributed by atoms with Crippen LogP contribution in [0.15, 0.2) is 48.5 Å². The number of esters is 1. The minimum Gasteiger partial charge on any atom is -0.494 e. The first-order valence-corrected chi connectivity index (χ1v) is 9.36. The van der Waals surface area contributed by atoms with E-state index in [9.17, 15) is 14.4 Å². The van der Waals surface area contributed by atoms with Crippen LogP contribution in [0.1, 0.15) is 37.6 Å². The first kappa shape index (κ1) is 21.9. The fraction of sp³-hybridized carbons (Fsp3) is 0.318. The molecular weight excluding hydrogens is 374 g/mol. The average Bonchev–Trinajstić information content (AvgIpc) is 2.69. The molecule has 2 rings (SSSR count). The molecule has 0 aliphatic heterocycles. The molecule has 7 nitrogen and oxygen atoms in total. The Morgan fingerprint density at radius 2 is 1.66 bits per heavy atom. The van der Waals surface area contributed by atoms with Crippen molar-refractivity contribution >= 4 is 23.3 Å². The molecule has 154 valence electrons. The van der Waals surface area contributed by atoms with Crippen LogP contribution in [-0.2, 0) is 14.3 Å². The molecule has 0 fully saturated rings. The van der Waals surface area contributed by atoms with E-state index in [1.807, 2.05) is 6.92 Å². The van der Waals surface area contributed by atoms with Gasteiger partial charge >= 0.3 is 5.97 Å². The maximum atomic E-state index is 12.2. The van der Waals surface area contributed by atoms with Crippen molar-refractivity contribution in [3.8, 4) is 11.5 Å². The summed E-state index contributed by atoms with van der Waals surface area (Å²) in [6.45, 7) is 5.54. The lowest BCUT2D eigenvalue weighted by Crippen LogP contribution is -2.30. The highest BCUT2D eigenvalue weighted by Gasteiger charge is 2.18. The normalized spacial score (nSPS) is 11.3. The predicted octanol–water partition coefficient (Wildman–Crippen LogP) is 3.63. The van der Waals surface area contributed by atoms with Crippen molar-refractivity contribution in [1.29, 1.82) is 0 Å². The van der Waals surface area contributed by atoms with Gasteiger partial charge in [-0.25, -0.2) is 0 Å². The first-order valence-electron chi connectivity index (χ1n) is 9.36. The van der Waals surface area contributed by atoms with Gasteiger partial charge in [0.15, 0.2) is 11.9 Å². The number of carbonyl (C=O) groups is 3. The summed E-state index contributed by atoms with van der Waals surface area (Å²) in [7, 11) is 0. The Kier molecular flexibility index (Phi) is 8.21. The highest BCUT2D eigenvalue weighted by Crippen LogP contribution is 2.17. The third-order valence-corrected chi connectivity index (χ3v) is 3.92. The summed E-state index contributed by atoms with van der Waals surface area (Å²) in [4.78, 5) is 35.5. The summed E-state index contributed by atoms with van der Waals surface area (Å²) in [6.07, 6.45) is -0.973. The maximum absolute atomic E-state index is 12.2. The molecule has 1 atom stereocenters. The second-order valence-corrected chi connectivity index (χ2v) is 6.26. The van der Waals surface area contributed by atoms with Crippen molar-refractivity contribution in [3.63, 3.8) is 0 Å². The predicted molar refractivity (Wildman–Crippen MR) is 108 cm³/mol. The summed E-state index contributed by atoms with van der Waals surface area (Å²) in [5.74, 6) is 0.223. The molecule has 0 heterocycles. The Bertz CT molecular complexity index is 847. The first-order chi connectivity index (χ1) is 13.9. The Labute approximate surface area is 170 Å². The fourth-order valence-electron chi connectivity index (χ4n) is 2.42. The van der Waals surface area contributed by atoms with E-state index in [4.69, 9.17) is 14.2 Å². The lowest BCUT2D eigenvalue weighted by molar-refractivity contribution is -0.153. The Morgan fingerprint density at radius 3 is 2.28 bits per heavy atom. The Morgan fingerprint density at radius 1 is 1.00 bits per heavy atom. The number of Topliss-reactive ketones (excluding diaryl/α,β-unsaturated/α-hetero) is 1. The van der Waals surface area contributed by atoms with E-state index in [0.29, 0.717) is 23.6 Å². The molecule has 0 aliphatic carbocycles. The van der Waals surface area contributed by atoms with E-state index in [2.05, 4.69) is 5.32 Å². The molecule has 0 radical (unpaired) electrons. The summed E-state index contributed by atoms with van der Waals surface area (Å²) < 4.78 is 16.0. The summed E-state index contributed by atoms with van der Waals surface area (Å²) >= 11 is 0. The van der Waals surface area contributed by atoms with Crippen LogP contribution in [0.5, 0.6) is 11.5 Å². The Hall–Kier alpha value is -3.35. The van der Waals surface area contributed by atoms with Crippen LogP contribution in [0, 0.1) is 0 Å². The number of amides is 1. The smallest absolute Gasteiger partial charge is 0.310 e. The van der Waals surface area contributed by atoms with Crippen molar-refractivity contribution in [1.82, 2.24) is 0 Å². The topological polar surface area (TPSA) is 90.9 Å². The van der Waals surface area contributed by atoms with Crippen LogP contribution in [0.2, 0.25) is 0 Å². The van der Waals surface area contributed by atoms with E-state index in [1.165, 1.54) is 13.8 Å². The number of anilines is 1. The quantitative estimate of drug-likeness (QED) is 0.485. The van der Waals surface area contributed by atoms with E-state index < -0.39 is 18.0 Å². The lowest BCUT2D eigenvalue weighted by Gasteiger charge is -2.14. The molecule has 2 aromatic rings. The number of rotatable bonds is 10. The molecule has 0 saturated heterocycles. The molecule has 0 aliphatic rings. The molecule has 0 aromatic heterocycles. The molecule has 0 spiro atoms. The molecule has 29 heavy (non-hydrogen) atoms. The highest BCUT2D eigenvalue weighted by molar-refractivity contribution is 5.98. The zero-order valence-corrected chi connectivity index (χ0v) is 16.8. The zero-order chi connectivity index (χ0) is 21.2. The zero-order valence-electron chi connectivity index (χ0n) is 16.8. The third-order valence-electron chi connectivity index (χ3n) is 3.92. The van der Waals surface area contributed by atoms with Crippen molar-refractivity contribution in [2.24, 2.45) is 0 Å². The van der Waals surface area contributed by atoms with Gasteiger partial charge in [0.2, 0.25) is 0 Å². The van der Waals surface area contributed by atoms with Crippen molar-refractivity contribution < 1.29 is 28.6 Å². The van der Waals surface area contributed by atoms with Gasteiger partial charge in [0.1, 0.15) is 11.5 Å². The SMILES string of the molecule is CCOc1ccc(OCCC(=O)OC(C)C(=O)Nc2cccc(C(C)=O)c2)cc1. The Balaban J connectivity index is 1.75. The van der Waals surface area contributed by atoms with Crippen molar-refractivity contribution in [3.05, 3.63) is 54.1 Å². The largest absolute Gasteiger partial charge is 0.494 e. The van der Waals surface area contributed by atoms with Gasteiger partial charge in [0.05, 0.1) is 19.6 Å². The number of ether oxygens (including phenoxy) is 3. The van der Waals surface area contributed by atoms with Crippen LogP contribution in [0.4, 0.5) is 5.69 Å². The molecular formula is C22H25NO6. The molecule has 1 unspecified atom stereocenters. The summed E-state index contributed by atoms with van der Waals surface area (Å²) in [5.41, 5.74) is 0.948. The van der Waals surface area contributed by atoms with Gasteiger partial charge in [-0.2, -0.15) is 0 Å². The van der Waals surface area contributed by atoms with Gasteiger partial charge < -0.3 is 19.5 Å². The average molecular weight is 399 g/mol. The summed E-state index contributed by atoms with van der Waals surface area (Å²) in [6, 6.07) is 13.6. The minimum absolute atomic E-state index is 0.00462. The van der Waals surface area contributed by atoms with Gasteiger partial charge in [-0.3, -0.25) is 14.4 Å². The van der Waals surface area contributed by atoms with Crippen molar-refractivity contribution in [2.45, 2.75) is 33.3 Å². The standard InChI is InChI=1S/C22H25NO6/c1-4-27-19-8-10-20(11-9-19)28-13-12-21(25)29-16(3)22(26)23-18-7-5-6-17(14-18)15(2)24/h5-11,14,16H,4,12-13H2,1-3H3,(H,23,26). The highest BCUT2D eigenvalue weighted by atomic mass is 16.5. The fourth-order valence-corrected chi connectivity index (χ4v) is 2.42. The van der Waals surface area contributed by atoms with Crippen LogP contribution in [-0.4, -0.2) is 37.0 Å². The second-order valence-electron chi connectivity index (χ2n) is 6.26. The number of nitrogens with one attached hydrogen (secondary N) is 1. The van der Waals surface area contributed by atoms with Crippen molar-refractivity contribution in [2.75, 3.05) is 18.5 Å². The van der Waals surface area contributed by atoms with Gasteiger partial charge in [-0.05, 0) is 57.2 Å². The number of hydrogen-bond donors (Lipinski definition) is 1. The molecule has 0 saturated carbocycles. The van der Waals surface area contributed by atoms with Crippen LogP contribution >= 0.6 is 0 Å². The number of ketones is 1. The van der Waals surface area contributed by atoms with Crippen LogP contribution in [0.25, 0.3) is 0 Å². The van der Waals surface area contributed by atoms with Gasteiger partial charge in [-0.15, -0.1) is 0 Å². The minimum atomic E-state index is -0.978.